The molecular weight excluding hydrogens is 276 g/mol. The molecule has 0 saturated heterocycles. The maximum absolute atomic E-state index is 11.0. The number of nitro benzene ring substituents is 2. The zero-order chi connectivity index (χ0) is 14.2. The molecule has 98 valence electrons. The second-order valence-corrected chi connectivity index (χ2v) is 4.53. The molecule has 2 aromatic rings. The highest BCUT2D eigenvalue weighted by molar-refractivity contribution is 7.12. The van der Waals surface area contributed by atoms with Crippen LogP contribution in [0.2, 0.25) is 0 Å². The minimum atomic E-state index is -0.731. The third-order valence-corrected chi connectivity index (χ3v) is 3.22. The molecule has 10 heteroatoms. The first-order chi connectivity index (χ1) is 8.90. The third-order valence-electron chi connectivity index (χ3n) is 2.44. The molecule has 2 rings (SSSR count). The fourth-order valence-corrected chi connectivity index (χ4v) is 2.23. The first kappa shape index (κ1) is 12.8. The van der Waals surface area contributed by atoms with Crippen LogP contribution in [-0.2, 0) is 0 Å². The van der Waals surface area contributed by atoms with Crippen LogP contribution in [0.4, 0.5) is 11.4 Å². The predicted molar refractivity (Wildman–Crippen MR) is 66.2 cm³/mol. The minimum Gasteiger partial charge on any atom is -0.258 e. The zero-order valence-electron chi connectivity index (χ0n) is 9.45. The van der Waals surface area contributed by atoms with Crippen molar-refractivity contribution in [3.05, 3.63) is 47.6 Å². The summed E-state index contributed by atoms with van der Waals surface area (Å²) in [6, 6.07) is 2.04. The average Bonchev–Trinajstić information content (AvgIpc) is 2.75. The largest absolute Gasteiger partial charge is 0.322 e. The van der Waals surface area contributed by atoms with E-state index < -0.39 is 20.4 Å². The van der Waals surface area contributed by atoms with Crippen molar-refractivity contribution in [1.82, 2.24) is 10.2 Å². The lowest BCUT2D eigenvalue weighted by atomic mass is 10.1. The molecule has 0 bridgehead atoms. The van der Waals surface area contributed by atoms with Crippen LogP contribution in [0.5, 0.6) is 0 Å². The van der Waals surface area contributed by atoms with Gasteiger partial charge in [0.25, 0.3) is 11.4 Å². The van der Waals surface area contributed by atoms with Gasteiger partial charge in [-0.25, -0.2) is 5.10 Å². The van der Waals surface area contributed by atoms with Crippen LogP contribution in [-0.4, -0.2) is 20.0 Å². The maximum Gasteiger partial charge on any atom is 0.322 e. The molecule has 0 aliphatic heterocycles. The number of benzene rings is 1. The van der Waals surface area contributed by atoms with Crippen molar-refractivity contribution < 1.29 is 9.85 Å². The van der Waals surface area contributed by atoms with Crippen LogP contribution in [0.15, 0.2) is 16.9 Å². The Balaban J connectivity index is 2.75. The predicted octanol–water partition coefficient (Wildman–Crippen LogP) is 1.62. The van der Waals surface area contributed by atoms with Crippen LogP contribution in [0, 0.1) is 27.2 Å². The fraction of sp³-hybridized carbons (Fsp3) is 0.111. The highest BCUT2D eigenvalue weighted by atomic mass is 32.1. The number of hydrogen-bond donors (Lipinski definition) is 1. The number of H-pyrrole nitrogens is 1. The van der Waals surface area contributed by atoms with Crippen LogP contribution < -0.4 is 4.87 Å². The standard InChI is InChI=1S/C9H6N4O5S/c1-4-6(8-10-11-9(14)19-8)2-5(12(15)16)3-7(4)13(17)18/h2-3H,1H3,(H,11,14). The van der Waals surface area contributed by atoms with E-state index >= 15 is 0 Å². The summed E-state index contributed by atoms with van der Waals surface area (Å²) < 4.78 is 0. The summed E-state index contributed by atoms with van der Waals surface area (Å²) in [4.78, 5) is 30.8. The van der Waals surface area contributed by atoms with Gasteiger partial charge in [0.15, 0.2) is 0 Å². The van der Waals surface area contributed by atoms with Gasteiger partial charge in [-0.05, 0) is 6.92 Å². The van der Waals surface area contributed by atoms with Gasteiger partial charge in [-0.2, -0.15) is 5.10 Å². The molecule has 1 N–H and O–H groups in total. The van der Waals surface area contributed by atoms with Crippen molar-refractivity contribution in [2.45, 2.75) is 6.92 Å². The SMILES string of the molecule is Cc1c(-c2n[nH]c(=O)s2)cc([N+](=O)[O-])cc1[N+](=O)[O-]. The molecule has 1 aromatic heterocycles. The van der Waals surface area contributed by atoms with Crippen LogP contribution in [0.3, 0.4) is 0 Å². The number of non-ortho nitro benzene ring substituents is 1. The number of nitrogens with zero attached hydrogens (tertiary/aromatic N) is 3. The topological polar surface area (TPSA) is 132 Å². The fourth-order valence-electron chi connectivity index (χ4n) is 1.55. The molecule has 1 aromatic carbocycles. The molecule has 0 atom stereocenters. The van der Waals surface area contributed by atoms with E-state index in [1.54, 1.807) is 0 Å². The van der Waals surface area contributed by atoms with Gasteiger partial charge in [-0.1, -0.05) is 11.3 Å². The lowest BCUT2D eigenvalue weighted by molar-refractivity contribution is -0.394. The lowest BCUT2D eigenvalue weighted by Gasteiger charge is -2.03. The van der Waals surface area contributed by atoms with Crippen LogP contribution >= 0.6 is 11.3 Å². The highest BCUT2D eigenvalue weighted by Crippen LogP contribution is 2.34. The van der Waals surface area contributed by atoms with E-state index in [1.165, 1.54) is 6.92 Å². The maximum atomic E-state index is 11.0. The second kappa shape index (κ2) is 4.57. The van der Waals surface area contributed by atoms with Gasteiger partial charge in [0.1, 0.15) is 5.01 Å². The Hall–Kier alpha value is -2.62. The Morgan fingerprint density at radius 2 is 1.95 bits per heavy atom. The van der Waals surface area contributed by atoms with E-state index in [4.69, 9.17) is 0 Å². The zero-order valence-corrected chi connectivity index (χ0v) is 10.3. The highest BCUT2D eigenvalue weighted by Gasteiger charge is 2.23. The summed E-state index contributed by atoms with van der Waals surface area (Å²) in [5.41, 5.74) is -0.385. The summed E-state index contributed by atoms with van der Waals surface area (Å²) in [5, 5.41) is 27.7. The van der Waals surface area contributed by atoms with Crippen molar-refractivity contribution in [1.29, 1.82) is 0 Å². The van der Waals surface area contributed by atoms with Gasteiger partial charge in [0, 0.05) is 17.2 Å². The monoisotopic (exact) mass is 282 g/mol. The molecule has 0 unspecified atom stereocenters. The normalized spacial score (nSPS) is 10.4. The molecule has 0 aliphatic carbocycles. The van der Waals surface area contributed by atoms with E-state index in [-0.39, 0.29) is 21.8 Å². The van der Waals surface area contributed by atoms with E-state index in [2.05, 4.69) is 10.2 Å². The third kappa shape index (κ3) is 2.33. The molecule has 19 heavy (non-hydrogen) atoms. The van der Waals surface area contributed by atoms with E-state index in [0.717, 1.165) is 23.5 Å². The van der Waals surface area contributed by atoms with Crippen molar-refractivity contribution in [2.75, 3.05) is 0 Å². The summed E-state index contributed by atoms with van der Waals surface area (Å²) in [5.74, 6) is 0. The summed E-state index contributed by atoms with van der Waals surface area (Å²) >= 11 is 0.728. The van der Waals surface area contributed by atoms with Gasteiger partial charge in [0.2, 0.25) is 0 Å². The Labute approximate surface area is 108 Å². The number of aromatic amines is 1. The van der Waals surface area contributed by atoms with Gasteiger partial charge in [0.05, 0.1) is 15.9 Å². The lowest BCUT2D eigenvalue weighted by Crippen LogP contribution is -1.97. The number of nitrogens with one attached hydrogen (secondary N) is 1. The first-order valence-electron chi connectivity index (χ1n) is 4.89. The number of aromatic nitrogens is 2. The number of nitro groups is 2. The second-order valence-electron chi connectivity index (χ2n) is 3.57. The quantitative estimate of drug-likeness (QED) is 0.671. The van der Waals surface area contributed by atoms with Crippen molar-refractivity contribution in [3.8, 4) is 10.6 Å². The van der Waals surface area contributed by atoms with Crippen molar-refractivity contribution in [2.24, 2.45) is 0 Å². The molecule has 0 radical (unpaired) electrons. The van der Waals surface area contributed by atoms with Crippen molar-refractivity contribution in [3.63, 3.8) is 0 Å². The van der Waals surface area contributed by atoms with Crippen LogP contribution in [0.1, 0.15) is 5.56 Å². The van der Waals surface area contributed by atoms with E-state index in [9.17, 15) is 25.0 Å². The Kier molecular flexibility index (Phi) is 3.09. The molecular formula is C9H6N4O5S. The molecule has 0 spiro atoms. The Morgan fingerprint density at radius 1 is 1.26 bits per heavy atom. The van der Waals surface area contributed by atoms with Gasteiger partial charge >= 0.3 is 4.87 Å². The molecule has 0 saturated carbocycles. The van der Waals surface area contributed by atoms with Gasteiger partial charge < -0.3 is 0 Å². The van der Waals surface area contributed by atoms with E-state index in [1.807, 2.05) is 0 Å². The minimum absolute atomic E-state index is 0.175. The van der Waals surface area contributed by atoms with E-state index in [0.29, 0.717) is 0 Å². The average molecular weight is 282 g/mol. The first-order valence-corrected chi connectivity index (χ1v) is 5.71. The molecule has 0 amide bonds. The number of rotatable bonds is 3. The molecule has 1 heterocycles. The molecule has 0 fully saturated rings. The molecule has 9 nitrogen and oxygen atoms in total. The van der Waals surface area contributed by atoms with Crippen LogP contribution in [0.25, 0.3) is 10.6 Å². The smallest absolute Gasteiger partial charge is 0.258 e. The number of hydrogen-bond acceptors (Lipinski definition) is 7. The van der Waals surface area contributed by atoms with Crippen molar-refractivity contribution >= 4 is 22.7 Å². The summed E-state index contributed by atoms with van der Waals surface area (Å²) in [7, 11) is 0. The van der Waals surface area contributed by atoms with Gasteiger partial charge in [-0.3, -0.25) is 25.0 Å². The molecule has 0 aliphatic rings. The summed E-state index contributed by atoms with van der Waals surface area (Å²) in [6.45, 7) is 1.45. The Morgan fingerprint density at radius 3 is 2.42 bits per heavy atom. The van der Waals surface area contributed by atoms with Gasteiger partial charge in [-0.15, -0.1) is 0 Å². The summed E-state index contributed by atoms with van der Waals surface area (Å²) in [6.07, 6.45) is 0. The Bertz CT molecular complexity index is 734.